The first-order valence-corrected chi connectivity index (χ1v) is 9.28. The van der Waals surface area contributed by atoms with E-state index in [1.54, 1.807) is 12.1 Å². The summed E-state index contributed by atoms with van der Waals surface area (Å²) in [6, 6.07) is 7.04. The van der Waals surface area contributed by atoms with Gasteiger partial charge >= 0.3 is 0 Å². The number of aromatic nitrogens is 2. The van der Waals surface area contributed by atoms with Gasteiger partial charge in [-0.1, -0.05) is 6.92 Å². The van der Waals surface area contributed by atoms with Gasteiger partial charge in [-0.2, -0.15) is 0 Å². The summed E-state index contributed by atoms with van der Waals surface area (Å²) in [6.07, 6.45) is 2.71. The SMILES string of the molecule is CCc1ccc(S(=O)(=O)Nc2cccn3c(C)c(C)nc23)s1. The molecule has 3 rings (SSSR count). The number of hydrogen-bond acceptors (Lipinski definition) is 4. The number of hydrogen-bond donors (Lipinski definition) is 1. The van der Waals surface area contributed by atoms with Crippen molar-refractivity contribution in [2.75, 3.05) is 4.72 Å². The van der Waals surface area contributed by atoms with Crippen LogP contribution >= 0.6 is 11.3 Å². The second kappa shape index (κ2) is 5.40. The van der Waals surface area contributed by atoms with Crippen LogP contribution in [0.3, 0.4) is 0 Å². The summed E-state index contributed by atoms with van der Waals surface area (Å²) < 4.78 is 29.9. The highest BCUT2D eigenvalue weighted by molar-refractivity contribution is 7.94. The Bertz CT molecular complexity index is 939. The van der Waals surface area contributed by atoms with Crippen LogP contribution in [0.15, 0.2) is 34.7 Å². The summed E-state index contributed by atoms with van der Waals surface area (Å²) in [7, 11) is -3.58. The van der Waals surface area contributed by atoms with E-state index in [0.29, 0.717) is 15.5 Å². The first kappa shape index (κ1) is 15.1. The van der Waals surface area contributed by atoms with E-state index >= 15 is 0 Å². The average molecular weight is 335 g/mol. The molecule has 0 unspecified atom stereocenters. The van der Waals surface area contributed by atoms with Crippen molar-refractivity contribution in [2.45, 2.75) is 31.4 Å². The van der Waals surface area contributed by atoms with Crippen molar-refractivity contribution in [2.24, 2.45) is 0 Å². The first-order chi connectivity index (χ1) is 10.4. The van der Waals surface area contributed by atoms with E-state index in [0.717, 1.165) is 22.7 Å². The Morgan fingerprint density at radius 2 is 2.05 bits per heavy atom. The third-order valence-electron chi connectivity index (χ3n) is 3.62. The zero-order valence-corrected chi connectivity index (χ0v) is 14.3. The number of pyridine rings is 1. The van der Waals surface area contributed by atoms with Crippen LogP contribution in [0.4, 0.5) is 5.69 Å². The fourth-order valence-corrected chi connectivity index (χ4v) is 4.62. The molecule has 0 amide bonds. The standard InChI is InChI=1S/C15H17N3O2S2/c1-4-12-7-8-14(21-12)22(19,20)17-13-6-5-9-18-11(3)10(2)16-15(13)18/h5-9,17H,4H2,1-3H3. The molecule has 0 aromatic carbocycles. The van der Waals surface area contributed by atoms with Gasteiger partial charge in [0, 0.05) is 16.8 Å². The Morgan fingerprint density at radius 1 is 1.27 bits per heavy atom. The molecule has 116 valence electrons. The highest BCUT2D eigenvalue weighted by Gasteiger charge is 2.19. The minimum absolute atomic E-state index is 0.325. The van der Waals surface area contributed by atoms with Gasteiger partial charge in [0.25, 0.3) is 10.0 Å². The number of imidazole rings is 1. The number of nitrogens with zero attached hydrogens (tertiary/aromatic N) is 2. The highest BCUT2D eigenvalue weighted by Crippen LogP contribution is 2.26. The number of rotatable bonds is 4. The lowest BCUT2D eigenvalue weighted by atomic mass is 10.4. The third-order valence-corrected chi connectivity index (χ3v) is 6.71. The molecule has 3 heterocycles. The molecule has 5 nitrogen and oxygen atoms in total. The number of fused-ring (bicyclic) bond motifs is 1. The predicted molar refractivity (Wildman–Crippen MR) is 89.2 cm³/mol. The van der Waals surface area contributed by atoms with Gasteiger partial charge in [-0.3, -0.25) is 4.72 Å². The van der Waals surface area contributed by atoms with E-state index in [4.69, 9.17) is 0 Å². The van der Waals surface area contributed by atoms with Crippen LogP contribution in [0.2, 0.25) is 0 Å². The average Bonchev–Trinajstić information content (AvgIpc) is 3.07. The van der Waals surface area contributed by atoms with E-state index < -0.39 is 10.0 Å². The summed E-state index contributed by atoms with van der Waals surface area (Å²) in [5.41, 5.74) is 3.00. The summed E-state index contributed by atoms with van der Waals surface area (Å²) in [6.45, 7) is 5.88. The minimum atomic E-state index is -3.58. The number of sulfonamides is 1. The summed E-state index contributed by atoms with van der Waals surface area (Å²) in [5.74, 6) is 0. The molecule has 0 radical (unpaired) electrons. The zero-order valence-electron chi connectivity index (χ0n) is 12.6. The molecule has 0 aliphatic carbocycles. The largest absolute Gasteiger partial charge is 0.302 e. The van der Waals surface area contributed by atoms with Crippen molar-refractivity contribution < 1.29 is 8.42 Å². The topological polar surface area (TPSA) is 63.5 Å². The molecule has 0 saturated carbocycles. The van der Waals surface area contributed by atoms with Gasteiger partial charge in [-0.05, 0) is 44.5 Å². The molecule has 0 aliphatic heterocycles. The van der Waals surface area contributed by atoms with Crippen LogP contribution in [0, 0.1) is 13.8 Å². The number of nitrogens with one attached hydrogen (secondary N) is 1. The van der Waals surface area contributed by atoms with Crippen molar-refractivity contribution in [1.29, 1.82) is 0 Å². The van der Waals surface area contributed by atoms with Gasteiger partial charge in [0.05, 0.1) is 11.4 Å². The fourth-order valence-electron chi connectivity index (χ4n) is 2.27. The number of aryl methyl sites for hydroxylation is 3. The minimum Gasteiger partial charge on any atom is -0.302 e. The zero-order chi connectivity index (χ0) is 15.9. The summed E-state index contributed by atoms with van der Waals surface area (Å²) in [5, 5.41) is 0. The molecule has 0 bridgehead atoms. The molecule has 0 saturated heterocycles. The molecule has 3 aromatic rings. The van der Waals surface area contributed by atoms with Crippen LogP contribution in [0.25, 0.3) is 5.65 Å². The Kier molecular flexibility index (Phi) is 3.70. The molecule has 22 heavy (non-hydrogen) atoms. The van der Waals surface area contributed by atoms with Crippen molar-refractivity contribution >= 4 is 32.7 Å². The lowest BCUT2D eigenvalue weighted by Crippen LogP contribution is -2.12. The van der Waals surface area contributed by atoms with Gasteiger partial charge in [0.15, 0.2) is 5.65 Å². The molecule has 0 atom stereocenters. The van der Waals surface area contributed by atoms with Crippen molar-refractivity contribution in [3.8, 4) is 0 Å². The van der Waals surface area contributed by atoms with E-state index in [9.17, 15) is 8.42 Å². The number of thiophene rings is 1. The normalized spacial score (nSPS) is 12.0. The maximum Gasteiger partial charge on any atom is 0.271 e. The Balaban J connectivity index is 2.04. The van der Waals surface area contributed by atoms with Crippen LogP contribution in [-0.2, 0) is 16.4 Å². The van der Waals surface area contributed by atoms with Gasteiger partial charge < -0.3 is 4.40 Å². The lowest BCUT2D eigenvalue weighted by Gasteiger charge is -2.07. The molecular formula is C15H17N3O2S2. The van der Waals surface area contributed by atoms with Crippen LogP contribution in [0.5, 0.6) is 0 Å². The van der Waals surface area contributed by atoms with Crippen molar-refractivity contribution in [1.82, 2.24) is 9.38 Å². The molecule has 0 spiro atoms. The van der Waals surface area contributed by atoms with Gasteiger partial charge in [-0.15, -0.1) is 11.3 Å². The third kappa shape index (κ3) is 2.50. The Morgan fingerprint density at radius 3 is 2.73 bits per heavy atom. The van der Waals surface area contributed by atoms with Crippen molar-refractivity contribution in [3.63, 3.8) is 0 Å². The molecule has 0 aliphatic rings. The van der Waals surface area contributed by atoms with E-state index in [2.05, 4.69) is 9.71 Å². The van der Waals surface area contributed by atoms with Crippen molar-refractivity contribution in [3.05, 3.63) is 46.7 Å². The summed E-state index contributed by atoms with van der Waals surface area (Å²) >= 11 is 1.30. The Labute approximate surface area is 133 Å². The second-order valence-electron chi connectivity index (χ2n) is 5.08. The van der Waals surface area contributed by atoms with E-state index in [-0.39, 0.29) is 0 Å². The molecule has 7 heteroatoms. The molecule has 1 N–H and O–H groups in total. The first-order valence-electron chi connectivity index (χ1n) is 6.98. The van der Waals surface area contributed by atoms with Gasteiger partial charge in [0.1, 0.15) is 4.21 Å². The molecule has 0 fully saturated rings. The van der Waals surface area contributed by atoms with Gasteiger partial charge in [-0.25, -0.2) is 13.4 Å². The second-order valence-corrected chi connectivity index (χ2v) is 8.16. The van der Waals surface area contributed by atoms with E-state index in [1.165, 1.54) is 11.3 Å². The van der Waals surface area contributed by atoms with E-state index in [1.807, 2.05) is 43.5 Å². The smallest absolute Gasteiger partial charge is 0.271 e. The van der Waals surface area contributed by atoms with Crippen LogP contribution in [0.1, 0.15) is 23.2 Å². The monoisotopic (exact) mass is 335 g/mol. The Hall–Kier alpha value is -1.86. The molecule has 3 aromatic heterocycles. The maximum absolute atomic E-state index is 12.5. The quantitative estimate of drug-likeness (QED) is 0.795. The van der Waals surface area contributed by atoms with Gasteiger partial charge in [0.2, 0.25) is 0 Å². The fraction of sp³-hybridized carbons (Fsp3) is 0.267. The van der Waals surface area contributed by atoms with Crippen LogP contribution < -0.4 is 4.72 Å². The highest BCUT2D eigenvalue weighted by atomic mass is 32.2. The van der Waals surface area contributed by atoms with Crippen LogP contribution in [-0.4, -0.2) is 17.8 Å². The lowest BCUT2D eigenvalue weighted by molar-refractivity contribution is 0.603. The summed E-state index contributed by atoms with van der Waals surface area (Å²) in [4.78, 5) is 5.50. The molecular weight excluding hydrogens is 318 g/mol. The number of anilines is 1. The maximum atomic E-state index is 12.5. The predicted octanol–water partition coefficient (Wildman–Crippen LogP) is 3.38.